The van der Waals surface area contributed by atoms with Crippen LogP contribution in [0.4, 0.5) is 16.2 Å². The summed E-state index contributed by atoms with van der Waals surface area (Å²) in [5, 5.41) is 5.45. The van der Waals surface area contributed by atoms with Crippen LogP contribution in [-0.4, -0.2) is 25.1 Å². The summed E-state index contributed by atoms with van der Waals surface area (Å²) in [5.41, 5.74) is 12.5. The maximum Gasteiger partial charge on any atom is 0.316 e. The van der Waals surface area contributed by atoms with Gasteiger partial charge in [-0.3, -0.25) is 4.79 Å². The summed E-state index contributed by atoms with van der Waals surface area (Å²) in [6, 6.07) is 4.64. The van der Waals surface area contributed by atoms with Crippen molar-refractivity contribution < 1.29 is 14.3 Å². The number of carbonyl (C=O) groups excluding carboxylic acids is 2. The molecule has 2 saturated carbocycles. The summed E-state index contributed by atoms with van der Waals surface area (Å²) >= 11 is 0. The van der Waals surface area contributed by atoms with Crippen LogP contribution in [0, 0.1) is 17.8 Å². The molecule has 0 radical (unpaired) electrons. The Morgan fingerprint density at radius 2 is 1.84 bits per heavy atom. The maximum atomic E-state index is 12.7. The lowest BCUT2D eigenvalue weighted by Gasteiger charge is -2.43. The van der Waals surface area contributed by atoms with E-state index in [0.29, 0.717) is 29.0 Å². The van der Waals surface area contributed by atoms with Gasteiger partial charge in [0.2, 0.25) is 5.91 Å². The molecule has 2 bridgehead atoms. The molecule has 0 aromatic heterocycles. The van der Waals surface area contributed by atoms with Crippen LogP contribution >= 0.6 is 0 Å². The number of rotatable bonds is 4. The third-order valence-corrected chi connectivity index (χ3v) is 5.51. The van der Waals surface area contributed by atoms with Gasteiger partial charge in [0.05, 0.1) is 12.8 Å². The molecule has 6 N–H and O–H groups in total. The number of urea groups is 1. The summed E-state index contributed by atoms with van der Waals surface area (Å²) in [7, 11) is 1.50. The number of anilines is 2. The number of benzene rings is 1. The van der Waals surface area contributed by atoms with E-state index < -0.39 is 6.03 Å². The zero-order valence-corrected chi connectivity index (χ0v) is 14.5. The lowest BCUT2D eigenvalue weighted by Crippen LogP contribution is -2.48. The van der Waals surface area contributed by atoms with Crippen LogP contribution in [0.3, 0.4) is 0 Å². The van der Waals surface area contributed by atoms with E-state index in [4.69, 9.17) is 16.2 Å². The number of hydrogen-bond acceptors (Lipinski definition) is 4. The zero-order valence-electron chi connectivity index (χ0n) is 14.5. The fourth-order valence-electron chi connectivity index (χ4n) is 4.25. The number of nitrogens with one attached hydrogen (secondary N) is 2. The maximum absolute atomic E-state index is 12.7. The normalized spacial score (nSPS) is 28.1. The third-order valence-electron chi connectivity index (χ3n) is 5.51. The number of hydrogen-bond donors (Lipinski definition) is 4. The van der Waals surface area contributed by atoms with Crippen LogP contribution < -0.4 is 26.8 Å². The molecule has 1 aromatic rings. The molecule has 25 heavy (non-hydrogen) atoms. The molecule has 0 spiro atoms. The monoisotopic (exact) mass is 346 g/mol. The van der Waals surface area contributed by atoms with Crippen LogP contribution in [-0.2, 0) is 4.79 Å². The minimum Gasteiger partial charge on any atom is -0.494 e. The molecule has 136 valence electrons. The van der Waals surface area contributed by atoms with Gasteiger partial charge in [-0.25, -0.2) is 4.79 Å². The first kappa shape index (κ1) is 17.5. The Labute approximate surface area is 147 Å². The summed E-state index contributed by atoms with van der Waals surface area (Å²) in [5.74, 6) is 1.39. The van der Waals surface area contributed by atoms with Gasteiger partial charge in [0.15, 0.2) is 0 Å². The quantitative estimate of drug-likeness (QED) is 0.668. The minimum atomic E-state index is -0.667. The number of ether oxygens (including phenoxy) is 1. The van der Waals surface area contributed by atoms with Crippen LogP contribution in [0.25, 0.3) is 0 Å². The topological polar surface area (TPSA) is 119 Å². The van der Waals surface area contributed by atoms with Gasteiger partial charge in [-0.15, -0.1) is 0 Å². The van der Waals surface area contributed by atoms with Crippen molar-refractivity contribution in [1.29, 1.82) is 0 Å². The third kappa shape index (κ3) is 3.87. The van der Waals surface area contributed by atoms with E-state index in [2.05, 4.69) is 10.6 Å². The van der Waals surface area contributed by atoms with E-state index in [0.717, 1.165) is 25.7 Å². The Balaban J connectivity index is 1.67. The minimum absolute atomic E-state index is 0.00418. The van der Waals surface area contributed by atoms with Gasteiger partial charge in [-0.05, 0) is 49.7 Å². The van der Waals surface area contributed by atoms with Gasteiger partial charge < -0.3 is 26.8 Å². The van der Waals surface area contributed by atoms with Crippen molar-refractivity contribution >= 4 is 23.3 Å². The van der Waals surface area contributed by atoms with Crippen LogP contribution in [0.2, 0.25) is 0 Å². The molecule has 2 unspecified atom stereocenters. The molecule has 7 heteroatoms. The number of carbonyl (C=O) groups is 2. The molecule has 0 saturated heterocycles. The standard InChI is InChI=1S/C18H26N4O3/c1-25-15-9-13(5-6-14(15)22-18(20)24)21-17(23)12-7-10-3-2-4-11(8-12)16(10)19/h5-6,9-12,16H,2-4,7-8,19H2,1H3,(H,21,23)(H3,20,22,24). The average Bonchev–Trinajstić information content (AvgIpc) is 2.55. The summed E-state index contributed by atoms with van der Waals surface area (Å²) in [6.45, 7) is 0. The molecule has 0 aliphatic heterocycles. The van der Waals surface area contributed by atoms with E-state index in [1.54, 1.807) is 18.2 Å². The number of methoxy groups -OCH3 is 1. The first-order chi connectivity index (χ1) is 12.0. The second kappa shape index (κ2) is 7.31. The molecular weight excluding hydrogens is 320 g/mol. The Kier molecular flexibility index (Phi) is 5.13. The zero-order chi connectivity index (χ0) is 18.0. The Bertz CT molecular complexity index is 650. The Hall–Kier alpha value is -2.28. The molecule has 3 amide bonds. The molecule has 2 fully saturated rings. The predicted molar refractivity (Wildman–Crippen MR) is 96.4 cm³/mol. The lowest BCUT2D eigenvalue weighted by molar-refractivity contribution is -0.122. The predicted octanol–water partition coefficient (Wildman–Crippen LogP) is 2.28. The first-order valence-corrected chi connectivity index (χ1v) is 8.79. The fourth-order valence-corrected chi connectivity index (χ4v) is 4.25. The van der Waals surface area contributed by atoms with Gasteiger partial charge >= 0.3 is 6.03 Å². The van der Waals surface area contributed by atoms with Crippen molar-refractivity contribution in [2.75, 3.05) is 17.7 Å². The van der Waals surface area contributed by atoms with Gasteiger partial charge in [0.1, 0.15) is 5.75 Å². The van der Waals surface area contributed by atoms with Crippen molar-refractivity contribution in [3.8, 4) is 5.75 Å². The molecule has 7 nitrogen and oxygen atoms in total. The lowest BCUT2D eigenvalue weighted by atomic mass is 9.65. The highest BCUT2D eigenvalue weighted by Gasteiger charge is 2.40. The van der Waals surface area contributed by atoms with Gasteiger partial charge in [-0.2, -0.15) is 0 Å². The Morgan fingerprint density at radius 1 is 1.16 bits per heavy atom. The molecule has 3 rings (SSSR count). The highest BCUT2D eigenvalue weighted by atomic mass is 16.5. The van der Waals surface area contributed by atoms with Gasteiger partial charge in [0.25, 0.3) is 0 Å². The van der Waals surface area contributed by atoms with Crippen molar-refractivity contribution in [1.82, 2.24) is 0 Å². The molecule has 0 heterocycles. The average molecular weight is 346 g/mol. The highest BCUT2D eigenvalue weighted by molar-refractivity contribution is 5.94. The SMILES string of the molecule is COc1cc(NC(=O)C2CC3CCCC(C2)C3N)ccc1NC(N)=O. The van der Waals surface area contributed by atoms with E-state index in [-0.39, 0.29) is 17.9 Å². The molecule has 2 aliphatic rings. The first-order valence-electron chi connectivity index (χ1n) is 8.79. The van der Waals surface area contributed by atoms with Crippen molar-refractivity contribution in [2.45, 2.75) is 38.1 Å². The number of fused-ring (bicyclic) bond motifs is 2. The van der Waals surface area contributed by atoms with Crippen LogP contribution in [0.15, 0.2) is 18.2 Å². The molecule has 2 aliphatic carbocycles. The second-order valence-electron chi connectivity index (χ2n) is 7.09. The summed E-state index contributed by atoms with van der Waals surface area (Å²) in [6.07, 6.45) is 5.21. The molecule has 1 aromatic carbocycles. The van der Waals surface area contributed by atoms with E-state index in [9.17, 15) is 9.59 Å². The summed E-state index contributed by atoms with van der Waals surface area (Å²) in [4.78, 5) is 23.7. The van der Waals surface area contributed by atoms with Crippen LogP contribution in [0.5, 0.6) is 5.75 Å². The van der Waals surface area contributed by atoms with Crippen LogP contribution in [0.1, 0.15) is 32.1 Å². The van der Waals surface area contributed by atoms with Crippen molar-refractivity contribution in [3.63, 3.8) is 0 Å². The van der Waals surface area contributed by atoms with Gasteiger partial charge in [0, 0.05) is 23.7 Å². The van der Waals surface area contributed by atoms with E-state index >= 15 is 0 Å². The number of primary amides is 1. The molecule has 2 atom stereocenters. The fraction of sp³-hybridized carbons (Fsp3) is 0.556. The number of amides is 3. The van der Waals surface area contributed by atoms with E-state index in [1.807, 2.05) is 0 Å². The summed E-state index contributed by atoms with van der Waals surface area (Å²) < 4.78 is 5.25. The smallest absolute Gasteiger partial charge is 0.316 e. The second-order valence-corrected chi connectivity index (χ2v) is 7.09. The number of nitrogens with two attached hydrogens (primary N) is 2. The highest BCUT2D eigenvalue weighted by Crippen LogP contribution is 2.42. The molecular formula is C18H26N4O3. The van der Waals surface area contributed by atoms with Gasteiger partial charge in [-0.1, -0.05) is 6.42 Å². The van der Waals surface area contributed by atoms with Crippen molar-refractivity contribution in [3.05, 3.63) is 18.2 Å². The van der Waals surface area contributed by atoms with Crippen molar-refractivity contribution in [2.24, 2.45) is 29.2 Å². The largest absolute Gasteiger partial charge is 0.494 e. The Morgan fingerprint density at radius 3 is 2.44 bits per heavy atom. The van der Waals surface area contributed by atoms with E-state index in [1.165, 1.54) is 13.5 Å².